The Morgan fingerprint density at radius 3 is 2.16 bits per heavy atom. The Bertz CT molecular complexity index is 1770. The van der Waals surface area contributed by atoms with Gasteiger partial charge in [0, 0.05) is 18.2 Å². The molecule has 2 amide bonds. The summed E-state index contributed by atoms with van der Waals surface area (Å²) in [7, 11) is 0. The lowest BCUT2D eigenvalue weighted by Gasteiger charge is -2.31. The van der Waals surface area contributed by atoms with Gasteiger partial charge >= 0.3 is 0 Å². The maximum Gasteiger partial charge on any atom is 0.254 e. The van der Waals surface area contributed by atoms with E-state index in [0.29, 0.717) is 34.1 Å². The molecule has 0 aliphatic heterocycles. The molecule has 0 saturated heterocycles. The predicted molar refractivity (Wildman–Crippen MR) is 166 cm³/mol. The van der Waals surface area contributed by atoms with Gasteiger partial charge in [0.2, 0.25) is 5.91 Å². The van der Waals surface area contributed by atoms with Crippen LogP contribution in [-0.2, 0) is 17.9 Å². The van der Waals surface area contributed by atoms with Gasteiger partial charge in [-0.1, -0.05) is 73.7 Å². The maximum absolute atomic E-state index is 13.9. The molecular formula is C36H33FN2O4. The highest BCUT2D eigenvalue weighted by atomic mass is 19.1. The summed E-state index contributed by atoms with van der Waals surface area (Å²) in [4.78, 5) is 44.0. The first-order valence-corrected chi connectivity index (χ1v) is 14.3. The van der Waals surface area contributed by atoms with E-state index in [9.17, 15) is 18.8 Å². The van der Waals surface area contributed by atoms with Crippen molar-refractivity contribution in [2.45, 2.75) is 39.4 Å². The molecule has 1 aromatic heterocycles. The van der Waals surface area contributed by atoms with Gasteiger partial charge in [-0.15, -0.1) is 0 Å². The van der Waals surface area contributed by atoms with E-state index in [0.717, 1.165) is 11.1 Å². The van der Waals surface area contributed by atoms with Gasteiger partial charge in [0.15, 0.2) is 5.43 Å². The average Bonchev–Trinajstić information content (AvgIpc) is 3.05. The summed E-state index contributed by atoms with van der Waals surface area (Å²) in [6.07, 6.45) is 2.02. The molecule has 0 bridgehead atoms. The predicted octanol–water partition coefficient (Wildman–Crippen LogP) is 7.07. The van der Waals surface area contributed by atoms with Crippen LogP contribution in [0.25, 0.3) is 22.1 Å². The smallest absolute Gasteiger partial charge is 0.254 e. The lowest BCUT2D eigenvalue weighted by molar-refractivity contribution is -0.133. The highest BCUT2D eigenvalue weighted by Crippen LogP contribution is 2.21. The topological polar surface area (TPSA) is 70.8 Å². The normalized spacial score (nSPS) is 11.7. The van der Waals surface area contributed by atoms with Crippen molar-refractivity contribution in [3.05, 3.63) is 142 Å². The van der Waals surface area contributed by atoms with Crippen molar-refractivity contribution in [2.24, 2.45) is 0 Å². The molecule has 0 N–H and O–H groups in total. The third kappa shape index (κ3) is 6.89. The average molecular weight is 577 g/mol. The quantitative estimate of drug-likeness (QED) is 0.178. The summed E-state index contributed by atoms with van der Waals surface area (Å²) in [6, 6.07) is 29.8. The van der Waals surface area contributed by atoms with Gasteiger partial charge in [0.05, 0.1) is 23.8 Å². The summed E-state index contributed by atoms with van der Waals surface area (Å²) in [5.74, 6) is -0.982. The summed E-state index contributed by atoms with van der Waals surface area (Å²) < 4.78 is 19.3. The van der Waals surface area contributed by atoms with Crippen LogP contribution in [0.5, 0.6) is 0 Å². The Kier molecular flexibility index (Phi) is 9.11. The third-order valence-corrected chi connectivity index (χ3v) is 7.68. The number of carbonyl (C=O) groups excluding carboxylic acids is 2. The molecule has 43 heavy (non-hydrogen) atoms. The van der Waals surface area contributed by atoms with Crippen molar-refractivity contribution in [1.82, 2.24) is 9.80 Å². The number of halogens is 1. The van der Waals surface area contributed by atoms with E-state index in [2.05, 4.69) is 0 Å². The van der Waals surface area contributed by atoms with Crippen LogP contribution in [0.2, 0.25) is 0 Å². The molecule has 0 aliphatic rings. The fourth-order valence-corrected chi connectivity index (χ4v) is 4.97. The van der Waals surface area contributed by atoms with Crippen LogP contribution < -0.4 is 5.43 Å². The van der Waals surface area contributed by atoms with Crippen LogP contribution in [0.15, 0.2) is 119 Å². The molecule has 5 aromatic rings. The van der Waals surface area contributed by atoms with Crippen molar-refractivity contribution >= 4 is 22.8 Å². The van der Waals surface area contributed by atoms with E-state index in [-0.39, 0.29) is 48.7 Å². The fraction of sp³-hybridized carbons (Fsp3) is 0.194. The molecule has 0 spiro atoms. The van der Waals surface area contributed by atoms with Gasteiger partial charge in [-0.3, -0.25) is 14.4 Å². The molecule has 1 atom stereocenters. The number of nitrogens with zero attached hydrogens (tertiary/aromatic N) is 2. The molecule has 0 radical (unpaired) electrons. The number of benzene rings is 4. The monoisotopic (exact) mass is 576 g/mol. The van der Waals surface area contributed by atoms with Gasteiger partial charge < -0.3 is 14.2 Å². The van der Waals surface area contributed by atoms with Gasteiger partial charge in [0.1, 0.15) is 17.9 Å². The number of hydrogen-bond acceptors (Lipinski definition) is 4. The minimum absolute atomic E-state index is 0.0301. The molecular weight excluding hydrogens is 543 g/mol. The highest BCUT2D eigenvalue weighted by Gasteiger charge is 2.27. The van der Waals surface area contributed by atoms with Crippen LogP contribution in [-0.4, -0.2) is 34.2 Å². The molecule has 5 rings (SSSR count). The second-order valence-electron chi connectivity index (χ2n) is 10.6. The van der Waals surface area contributed by atoms with Gasteiger partial charge in [-0.25, -0.2) is 4.39 Å². The first kappa shape index (κ1) is 29.5. The molecule has 4 aromatic carbocycles. The lowest BCUT2D eigenvalue weighted by Crippen LogP contribution is -2.46. The molecule has 0 aliphatic carbocycles. The summed E-state index contributed by atoms with van der Waals surface area (Å²) in [5.41, 5.74) is 3.75. The van der Waals surface area contributed by atoms with Crippen LogP contribution in [0.1, 0.15) is 41.8 Å². The van der Waals surface area contributed by atoms with Crippen LogP contribution >= 0.6 is 0 Å². The number of rotatable bonds is 10. The van der Waals surface area contributed by atoms with Gasteiger partial charge in [-0.2, -0.15) is 0 Å². The van der Waals surface area contributed by atoms with E-state index >= 15 is 0 Å². The number of para-hydroxylation sites is 1. The Morgan fingerprint density at radius 2 is 1.47 bits per heavy atom. The van der Waals surface area contributed by atoms with E-state index in [4.69, 9.17) is 4.42 Å². The zero-order valence-electron chi connectivity index (χ0n) is 24.2. The number of fused-ring (bicyclic) bond motifs is 1. The summed E-state index contributed by atoms with van der Waals surface area (Å²) in [5, 5.41) is 0.421. The molecule has 218 valence electrons. The third-order valence-electron chi connectivity index (χ3n) is 7.68. The first-order chi connectivity index (χ1) is 20.8. The van der Waals surface area contributed by atoms with E-state index in [1.807, 2.05) is 56.3 Å². The van der Waals surface area contributed by atoms with Gasteiger partial charge in [0.25, 0.3) is 5.91 Å². The Balaban J connectivity index is 1.42. The largest absolute Gasteiger partial charge is 0.464 e. The summed E-state index contributed by atoms with van der Waals surface area (Å²) >= 11 is 0. The second kappa shape index (κ2) is 13.3. The second-order valence-corrected chi connectivity index (χ2v) is 10.6. The number of amides is 2. The van der Waals surface area contributed by atoms with Gasteiger partial charge in [-0.05, 0) is 66.4 Å². The van der Waals surface area contributed by atoms with E-state index in [1.54, 1.807) is 53.4 Å². The Labute approximate surface area is 250 Å². The Hall–Kier alpha value is -5.04. The van der Waals surface area contributed by atoms with Crippen molar-refractivity contribution < 1.29 is 18.4 Å². The lowest BCUT2D eigenvalue weighted by atomic mass is 10.0. The molecule has 7 heteroatoms. The minimum Gasteiger partial charge on any atom is -0.464 e. The molecule has 6 nitrogen and oxygen atoms in total. The summed E-state index contributed by atoms with van der Waals surface area (Å²) in [6.45, 7) is 3.78. The SMILES string of the molecule is CCC(C)N(CC(=O)N(Cc1ccc(F)cc1)Cc1coc2ccccc2c1=O)C(=O)c1ccc(-c2ccccc2)cc1. The van der Waals surface area contributed by atoms with Crippen LogP contribution in [0, 0.1) is 5.82 Å². The minimum atomic E-state index is -0.386. The van der Waals surface area contributed by atoms with Crippen molar-refractivity contribution in [3.63, 3.8) is 0 Å². The van der Waals surface area contributed by atoms with E-state index < -0.39 is 0 Å². The first-order valence-electron chi connectivity index (χ1n) is 14.3. The molecule has 0 fully saturated rings. The van der Waals surface area contributed by atoms with Crippen molar-refractivity contribution in [1.29, 1.82) is 0 Å². The molecule has 1 unspecified atom stereocenters. The molecule has 0 saturated carbocycles. The van der Waals surface area contributed by atoms with Crippen molar-refractivity contribution in [3.8, 4) is 11.1 Å². The number of carbonyl (C=O) groups is 2. The van der Waals surface area contributed by atoms with Crippen LogP contribution in [0.4, 0.5) is 4.39 Å². The van der Waals surface area contributed by atoms with Crippen LogP contribution in [0.3, 0.4) is 0 Å². The van der Waals surface area contributed by atoms with E-state index in [1.165, 1.54) is 23.3 Å². The zero-order chi connectivity index (χ0) is 30.3. The number of hydrogen-bond donors (Lipinski definition) is 0. The Morgan fingerprint density at radius 1 is 0.814 bits per heavy atom. The zero-order valence-corrected chi connectivity index (χ0v) is 24.2. The molecule has 1 heterocycles. The standard InChI is InChI=1S/C36H33FN2O4/c1-3-25(2)39(36(42)29-17-15-28(16-18-29)27-9-5-4-6-10-27)23-34(40)38(21-26-13-19-31(37)20-14-26)22-30-24-43-33-12-8-7-11-32(33)35(30)41/h4-20,24-25H,3,21-23H2,1-2H3. The highest BCUT2D eigenvalue weighted by molar-refractivity contribution is 5.97. The maximum atomic E-state index is 13.9. The fourth-order valence-electron chi connectivity index (χ4n) is 4.97. The van der Waals surface area contributed by atoms with Crippen molar-refractivity contribution in [2.75, 3.05) is 6.54 Å².